The Hall–Kier alpha value is -2.16. The summed E-state index contributed by atoms with van der Waals surface area (Å²) in [4.78, 5) is 18.4. The van der Waals surface area contributed by atoms with Gasteiger partial charge in [-0.1, -0.05) is 18.2 Å². The lowest BCUT2D eigenvalue weighted by atomic mass is 10.2. The van der Waals surface area contributed by atoms with Gasteiger partial charge in [0.15, 0.2) is 0 Å². The maximum absolute atomic E-state index is 5.45. The number of ether oxygens (including phenoxy) is 2. The van der Waals surface area contributed by atoms with E-state index in [9.17, 15) is 0 Å². The monoisotopic (exact) mass is 392 g/mol. The van der Waals surface area contributed by atoms with Crippen LogP contribution in [0.5, 0.6) is 0 Å². The first kappa shape index (κ1) is 19.6. The summed E-state index contributed by atoms with van der Waals surface area (Å²) in [6.07, 6.45) is 0. The highest BCUT2D eigenvalue weighted by atomic mass is 35.5. The molecule has 0 aliphatic carbocycles. The highest BCUT2D eigenvalue weighted by molar-refractivity contribution is 5.85. The van der Waals surface area contributed by atoms with E-state index < -0.39 is 0 Å². The summed E-state index contributed by atoms with van der Waals surface area (Å²) in [6, 6.07) is 8.12. The van der Waals surface area contributed by atoms with Crippen LogP contribution in [0.15, 0.2) is 24.3 Å². The van der Waals surface area contributed by atoms with Crippen molar-refractivity contribution in [1.82, 2.24) is 15.0 Å². The van der Waals surface area contributed by atoms with Crippen molar-refractivity contribution in [3.8, 4) is 0 Å². The lowest BCUT2D eigenvalue weighted by Gasteiger charge is -2.30. The van der Waals surface area contributed by atoms with Crippen molar-refractivity contribution in [2.45, 2.75) is 6.92 Å². The topological polar surface area (TPSA) is 75.6 Å². The van der Waals surface area contributed by atoms with Gasteiger partial charge in [0.05, 0.1) is 26.4 Å². The number of morpholine rings is 2. The number of hydrogen-bond acceptors (Lipinski definition) is 8. The molecule has 0 spiro atoms. The Balaban J connectivity index is 0.00000210. The molecule has 146 valence electrons. The number of anilines is 4. The number of halogens is 1. The molecule has 1 aromatic heterocycles. The molecule has 4 rings (SSSR count). The fourth-order valence-electron chi connectivity index (χ4n) is 3.05. The van der Waals surface area contributed by atoms with Crippen molar-refractivity contribution in [3.63, 3.8) is 0 Å². The summed E-state index contributed by atoms with van der Waals surface area (Å²) in [7, 11) is 0. The molecule has 0 atom stereocenters. The summed E-state index contributed by atoms with van der Waals surface area (Å²) in [6.45, 7) is 7.99. The molecule has 0 unspecified atom stereocenters. The fraction of sp³-hybridized carbons (Fsp3) is 0.500. The van der Waals surface area contributed by atoms with Crippen LogP contribution in [0.3, 0.4) is 0 Å². The molecule has 9 heteroatoms. The quantitative estimate of drug-likeness (QED) is 0.847. The third kappa shape index (κ3) is 4.77. The lowest BCUT2D eigenvalue weighted by Crippen LogP contribution is -2.40. The van der Waals surface area contributed by atoms with Crippen LogP contribution in [0, 0.1) is 6.92 Å². The van der Waals surface area contributed by atoms with E-state index in [1.807, 2.05) is 18.2 Å². The third-order valence-corrected chi connectivity index (χ3v) is 4.59. The van der Waals surface area contributed by atoms with Gasteiger partial charge in [0, 0.05) is 31.9 Å². The van der Waals surface area contributed by atoms with Crippen LogP contribution < -0.4 is 15.1 Å². The van der Waals surface area contributed by atoms with Gasteiger partial charge in [-0.2, -0.15) is 15.0 Å². The van der Waals surface area contributed by atoms with Crippen molar-refractivity contribution >= 4 is 35.9 Å². The second kappa shape index (κ2) is 9.16. The molecule has 1 aromatic carbocycles. The molecule has 27 heavy (non-hydrogen) atoms. The average molecular weight is 393 g/mol. The highest BCUT2D eigenvalue weighted by Crippen LogP contribution is 2.22. The first-order valence-corrected chi connectivity index (χ1v) is 9.04. The Labute approximate surface area is 165 Å². The molecule has 2 fully saturated rings. The summed E-state index contributed by atoms with van der Waals surface area (Å²) < 4.78 is 10.9. The molecule has 0 amide bonds. The minimum absolute atomic E-state index is 0. The molecule has 0 saturated carbocycles. The smallest absolute Gasteiger partial charge is 0.233 e. The Morgan fingerprint density at radius 1 is 0.815 bits per heavy atom. The Morgan fingerprint density at radius 3 is 1.85 bits per heavy atom. The molecule has 0 radical (unpaired) electrons. The standard InChI is InChI=1S/C18H24N6O2.ClH/c1-14-4-2-3-5-15(14)19-16-20-17(23-6-10-25-11-7-23)22-18(21-16)24-8-12-26-13-9-24;/h2-5H,6-13H2,1H3,(H,19,20,21,22);1H. The van der Waals surface area contributed by atoms with Crippen LogP contribution >= 0.6 is 12.4 Å². The van der Waals surface area contributed by atoms with E-state index in [0.29, 0.717) is 44.3 Å². The van der Waals surface area contributed by atoms with Crippen LogP contribution in [0.4, 0.5) is 23.5 Å². The number of nitrogens with one attached hydrogen (secondary N) is 1. The molecule has 8 nitrogen and oxygen atoms in total. The van der Waals surface area contributed by atoms with E-state index >= 15 is 0 Å². The van der Waals surface area contributed by atoms with Crippen molar-refractivity contribution < 1.29 is 9.47 Å². The predicted octanol–water partition coefficient (Wildman–Crippen LogP) is 2.02. The molecule has 2 aromatic rings. The lowest BCUT2D eigenvalue weighted by molar-refractivity contribution is 0.121. The second-order valence-electron chi connectivity index (χ2n) is 6.40. The Morgan fingerprint density at radius 2 is 1.33 bits per heavy atom. The predicted molar refractivity (Wildman–Crippen MR) is 108 cm³/mol. The molecular formula is C18H25ClN6O2. The van der Waals surface area contributed by atoms with Crippen LogP contribution in [0.25, 0.3) is 0 Å². The van der Waals surface area contributed by atoms with Crippen molar-refractivity contribution in [2.75, 3.05) is 67.7 Å². The van der Waals surface area contributed by atoms with E-state index in [1.165, 1.54) is 0 Å². The Kier molecular flexibility index (Phi) is 6.65. The second-order valence-corrected chi connectivity index (χ2v) is 6.40. The molecule has 1 N–H and O–H groups in total. The fourth-order valence-corrected chi connectivity index (χ4v) is 3.05. The van der Waals surface area contributed by atoms with Gasteiger partial charge < -0.3 is 24.6 Å². The maximum Gasteiger partial charge on any atom is 0.233 e. The van der Waals surface area contributed by atoms with E-state index in [0.717, 1.165) is 37.4 Å². The zero-order valence-corrected chi connectivity index (χ0v) is 16.2. The maximum atomic E-state index is 5.45. The number of benzene rings is 1. The molecule has 2 aliphatic heterocycles. The minimum atomic E-state index is 0. The van der Waals surface area contributed by atoms with Gasteiger partial charge in [0.1, 0.15) is 0 Å². The molecule has 2 aliphatic rings. The summed E-state index contributed by atoms with van der Waals surface area (Å²) >= 11 is 0. The van der Waals surface area contributed by atoms with E-state index in [4.69, 9.17) is 14.5 Å². The first-order chi connectivity index (χ1) is 12.8. The van der Waals surface area contributed by atoms with Gasteiger partial charge in [-0.3, -0.25) is 0 Å². The molecule has 3 heterocycles. The number of para-hydroxylation sites is 1. The zero-order chi connectivity index (χ0) is 17.8. The van der Waals surface area contributed by atoms with Crippen molar-refractivity contribution in [3.05, 3.63) is 29.8 Å². The van der Waals surface area contributed by atoms with E-state index in [-0.39, 0.29) is 12.4 Å². The summed E-state index contributed by atoms with van der Waals surface area (Å²) in [5.41, 5.74) is 2.15. The number of nitrogens with zero attached hydrogens (tertiary/aromatic N) is 5. The van der Waals surface area contributed by atoms with Crippen LogP contribution in [-0.2, 0) is 9.47 Å². The number of rotatable bonds is 4. The molecular weight excluding hydrogens is 368 g/mol. The van der Waals surface area contributed by atoms with Crippen LogP contribution in [-0.4, -0.2) is 67.6 Å². The van der Waals surface area contributed by atoms with Gasteiger partial charge in [0.25, 0.3) is 0 Å². The van der Waals surface area contributed by atoms with Gasteiger partial charge >= 0.3 is 0 Å². The van der Waals surface area contributed by atoms with Crippen LogP contribution in [0.2, 0.25) is 0 Å². The van der Waals surface area contributed by atoms with Gasteiger partial charge in [-0.15, -0.1) is 12.4 Å². The minimum Gasteiger partial charge on any atom is -0.378 e. The third-order valence-electron chi connectivity index (χ3n) is 4.59. The summed E-state index contributed by atoms with van der Waals surface area (Å²) in [5, 5.41) is 3.35. The number of aryl methyl sites for hydroxylation is 1. The highest BCUT2D eigenvalue weighted by Gasteiger charge is 2.20. The van der Waals surface area contributed by atoms with Crippen LogP contribution in [0.1, 0.15) is 5.56 Å². The zero-order valence-electron chi connectivity index (χ0n) is 15.4. The summed E-state index contributed by atoms with van der Waals surface area (Å²) in [5.74, 6) is 1.96. The Bertz CT molecular complexity index is 714. The van der Waals surface area contributed by atoms with Gasteiger partial charge in [0.2, 0.25) is 17.8 Å². The van der Waals surface area contributed by atoms with E-state index in [2.05, 4.69) is 38.1 Å². The molecule has 2 saturated heterocycles. The largest absolute Gasteiger partial charge is 0.378 e. The first-order valence-electron chi connectivity index (χ1n) is 9.04. The molecule has 0 bridgehead atoms. The SMILES string of the molecule is Cc1ccccc1Nc1nc(N2CCOCC2)nc(N2CCOCC2)n1.Cl. The average Bonchev–Trinajstić information content (AvgIpc) is 2.71. The van der Waals surface area contributed by atoms with Crippen molar-refractivity contribution in [1.29, 1.82) is 0 Å². The normalized spacial score (nSPS) is 17.4. The van der Waals surface area contributed by atoms with Gasteiger partial charge in [-0.25, -0.2) is 0 Å². The van der Waals surface area contributed by atoms with Gasteiger partial charge in [-0.05, 0) is 18.6 Å². The number of hydrogen-bond donors (Lipinski definition) is 1. The number of aromatic nitrogens is 3. The van der Waals surface area contributed by atoms with Crippen molar-refractivity contribution in [2.24, 2.45) is 0 Å². The van der Waals surface area contributed by atoms with E-state index in [1.54, 1.807) is 0 Å².